The van der Waals surface area contributed by atoms with Crippen LogP contribution in [0, 0.1) is 11.3 Å². The number of anilines is 1. The van der Waals surface area contributed by atoms with Crippen molar-refractivity contribution in [1.29, 1.82) is 5.26 Å². The molecule has 0 saturated carbocycles. The summed E-state index contributed by atoms with van der Waals surface area (Å²) in [6.45, 7) is 1.75. The summed E-state index contributed by atoms with van der Waals surface area (Å²) in [6, 6.07) is 10.9. The number of nitrogens with zero attached hydrogens (tertiary/aromatic N) is 2. The maximum absolute atomic E-state index is 12.1. The van der Waals surface area contributed by atoms with Gasteiger partial charge in [-0.2, -0.15) is 5.26 Å². The van der Waals surface area contributed by atoms with Gasteiger partial charge in [0.1, 0.15) is 6.54 Å². The maximum Gasteiger partial charge on any atom is 0.304 e. The number of carboxylic acids is 1. The molecular weight excluding hydrogens is 276 g/mol. The Balaban J connectivity index is 2.62. The monoisotopic (exact) mass is 292 g/mol. The first-order valence-corrected chi connectivity index (χ1v) is 7.15. The number of carbonyl (C=O) groups is 2. The molecule has 0 heterocycles. The molecule has 1 unspecified atom stereocenters. The molecular formula is C14H16N2O3S. The van der Waals surface area contributed by atoms with Crippen molar-refractivity contribution in [3.05, 3.63) is 30.3 Å². The number of carboxylic acid groups (broad SMARTS) is 1. The van der Waals surface area contributed by atoms with Gasteiger partial charge in [-0.05, 0) is 12.1 Å². The van der Waals surface area contributed by atoms with Gasteiger partial charge in [0.2, 0.25) is 5.91 Å². The summed E-state index contributed by atoms with van der Waals surface area (Å²) in [6.07, 6.45) is 0.0154. The number of aliphatic carboxylic acids is 1. The number of carbonyl (C=O) groups excluding carboxylic acids is 1. The molecule has 1 amide bonds. The minimum atomic E-state index is -0.880. The zero-order valence-corrected chi connectivity index (χ0v) is 12.0. The van der Waals surface area contributed by atoms with E-state index in [-0.39, 0.29) is 29.9 Å². The third-order valence-corrected chi connectivity index (χ3v) is 3.70. The second-order valence-electron chi connectivity index (χ2n) is 4.19. The summed E-state index contributed by atoms with van der Waals surface area (Å²) >= 11 is 1.28. The lowest BCUT2D eigenvalue weighted by atomic mass is 10.3. The first-order chi connectivity index (χ1) is 9.54. The van der Waals surface area contributed by atoms with E-state index in [4.69, 9.17) is 10.4 Å². The molecule has 0 saturated heterocycles. The summed E-state index contributed by atoms with van der Waals surface area (Å²) in [5, 5.41) is 17.3. The fourth-order valence-corrected chi connectivity index (χ4v) is 2.44. The summed E-state index contributed by atoms with van der Waals surface area (Å²) in [5.74, 6) is -0.917. The van der Waals surface area contributed by atoms with E-state index in [1.165, 1.54) is 16.7 Å². The third kappa shape index (κ3) is 5.33. The molecule has 0 aliphatic heterocycles. The number of para-hydroxylation sites is 1. The zero-order valence-electron chi connectivity index (χ0n) is 11.2. The minimum absolute atomic E-state index is 0.0154. The predicted molar refractivity (Wildman–Crippen MR) is 78.6 cm³/mol. The zero-order chi connectivity index (χ0) is 15.0. The van der Waals surface area contributed by atoms with Crippen LogP contribution in [0.5, 0.6) is 0 Å². The van der Waals surface area contributed by atoms with Crippen molar-refractivity contribution in [3.63, 3.8) is 0 Å². The predicted octanol–water partition coefficient (Wildman–Crippen LogP) is 2.14. The first kappa shape index (κ1) is 16.1. The van der Waals surface area contributed by atoms with Gasteiger partial charge in [-0.3, -0.25) is 14.5 Å². The summed E-state index contributed by atoms with van der Waals surface area (Å²) < 4.78 is 0. The van der Waals surface area contributed by atoms with Crippen molar-refractivity contribution in [2.24, 2.45) is 0 Å². The molecule has 0 bridgehead atoms. The minimum Gasteiger partial charge on any atom is -0.481 e. The number of hydrogen-bond acceptors (Lipinski definition) is 4. The van der Waals surface area contributed by atoms with Gasteiger partial charge in [0.25, 0.3) is 0 Å². The van der Waals surface area contributed by atoms with Gasteiger partial charge in [-0.15, -0.1) is 11.8 Å². The molecule has 0 aromatic heterocycles. The SMILES string of the molecule is CC(CC(=O)O)SCC(=O)N(CC#N)c1ccccc1. The van der Waals surface area contributed by atoms with Crippen LogP contribution in [-0.4, -0.2) is 34.5 Å². The fourth-order valence-electron chi connectivity index (χ4n) is 1.60. The Morgan fingerprint density at radius 2 is 2.05 bits per heavy atom. The van der Waals surface area contributed by atoms with E-state index in [0.717, 1.165) is 0 Å². The summed E-state index contributed by atoms with van der Waals surface area (Å²) in [7, 11) is 0. The van der Waals surface area contributed by atoms with Crippen LogP contribution in [0.2, 0.25) is 0 Å². The van der Waals surface area contributed by atoms with E-state index in [1.54, 1.807) is 31.2 Å². The highest BCUT2D eigenvalue weighted by molar-refractivity contribution is 8.00. The Hall–Kier alpha value is -2.00. The molecule has 5 nitrogen and oxygen atoms in total. The normalized spacial score (nSPS) is 11.4. The third-order valence-electron chi connectivity index (χ3n) is 2.55. The lowest BCUT2D eigenvalue weighted by molar-refractivity contribution is -0.136. The molecule has 20 heavy (non-hydrogen) atoms. The van der Waals surface area contributed by atoms with Crippen molar-refractivity contribution in [2.45, 2.75) is 18.6 Å². The molecule has 106 valence electrons. The van der Waals surface area contributed by atoms with Crippen LogP contribution < -0.4 is 4.90 Å². The number of rotatable bonds is 7. The largest absolute Gasteiger partial charge is 0.481 e. The van der Waals surface area contributed by atoms with Crippen LogP contribution in [0.15, 0.2) is 30.3 Å². The molecule has 0 aliphatic carbocycles. The van der Waals surface area contributed by atoms with E-state index < -0.39 is 5.97 Å². The van der Waals surface area contributed by atoms with E-state index >= 15 is 0 Å². The molecule has 1 atom stereocenters. The van der Waals surface area contributed by atoms with Gasteiger partial charge in [0, 0.05) is 10.9 Å². The average molecular weight is 292 g/mol. The standard InChI is InChI=1S/C14H16N2O3S/c1-11(9-14(18)19)20-10-13(17)16(8-7-15)12-5-3-2-4-6-12/h2-6,11H,8-10H2,1H3,(H,18,19). The average Bonchev–Trinajstić information content (AvgIpc) is 2.42. The molecule has 1 aromatic carbocycles. The Bertz CT molecular complexity index is 499. The number of thioether (sulfide) groups is 1. The van der Waals surface area contributed by atoms with Gasteiger partial charge in [-0.25, -0.2) is 0 Å². The van der Waals surface area contributed by atoms with Crippen molar-refractivity contribution in [1.82, 2.24) is 0 Å². The van der Waals surface area contributed by atoms with Gasteiger partial charge in [0.15, 0.2) is 0 Å². The maximum atomic E-state index is 12.1. The number of hydrogen-bond donors (Lipinski definition) is 1. The topological polar surface area (TPSA) is 81.4 Å². The van der Waals surface area contributed by atoms with E-state index in [0.29, 0.717) is 5.69 Å². The highest BCUT2D eigenvalue weighted by atomic mass is 32.2. The Kier molecular flexibility index (Phi) is 6.60. The van der Waals surface area contributed by atoms with Gasteiger partial charge < -0.3 is 5.11 Å². The lowest BCUT2D eigenvalue weighted by Crippen LogP contribution is -2.33. The van der Waals surface area contributed by atoms with Crippen LogP contribution in [-0.2, 0) is 9.59 Å². The van der Waals surface area contributed by atoms with Gasteiger partial charge >= 0.3 is 5.97 Å². The summed E-state index contributed by atoms with van der Waals surface area (Å²) in [5.41, 5.74) is 0.672. The Morgan fingerprint density at radius 1 is 1.40 bits per heavy atom. The van der Waals surface area contributed by atoms with Crippen LogP contribution in [0.3, 0.4) is 0 Å². The van der Waals surface area contributed by atoms with E-state index in [2.05, 4.69) is 0 Å². The van der Waals surface area contributed by atoms with Crippen molar-refractivity contribution >= 4 is 29.3 Å². The smallest absolute Gasteiger partial charge is 0.304 e. The molecule has 0 spiro atoms. The first-order valence-electron chi connectivity index (χ1n) is 6.10. The summed E-state index contributed by atoms with van der Waals surface area (Å²) in [4.78, 5) is 24.1. The molecule has 1 N–H and O–H groups in total. The molecule has 0 fully saturated rings. The quantitative estimate of drug-likeness (QED) is 0.779. The van der Waals surface area contributed by atoms with Gasteiger partial charge in [-0.1, -0.05) is 25.1 Å². The van der Waals surface area contributed by atoms with Crippen LogP contribution in [0.4, 0.5) is 5.69 Å². The van der Waals surface area contributed by atoms with Crippen molar-refractivity contribution in [2.75, 3.05) is 17.2 Å². The molecule has 6 heteroatoms. The second-order valence-corrected chi connectivity index (χ2v) is 5.62. The molecule has 1 rings (SSSR count). The molecule has 1 aromatic rings. The van der Waals surface area contributed by atoms with Gasteiger partial charge in [0.05, 0.1) is 18.2 Å². The highest BCUT2D eigenvalue weighted by Crippen LogP contribution is 2.18. The Labute approximate surface area is 122 Å². The van der Waals surface area contributed by atoms with Crippen molar-refractivity contribution < 1.29 is 14.7 Å². The van der Waals surface area contributed by atoms with Crippen LogP contribution >= 0.6 is 11.8 Å². The molecule has 0 radical (unpaired) electrons. The molecule has 0 aliphatic rings. The van der Waals surface area contributed by atoms with Crippen LogP contribution in [0.1, 0.15) is 13.3 Å². The van der Waals surface area contributed by atoms with Crippen molar-refractivity contribution in [3.8, 4) is 6.07 Å². The Morgan fingerprint density at radius 3 is 2.60 bits per heavy atom. The van der Waals surface area contributed by atoms with E-state index in [1.807, 2.05) is 12.1 Å². The highest BCUT2D eigenvalue weighted by Gasteiger charge is 2.17. The van der Waals surface area contributed by atoms with E-state index in [9.17, 15) is 9.59 Å². The van der Waals surface area contributed by atoms with Crippen LogP contribution in [0.25, 0.3) is 0 Å². The second kappa shape index (κ2) is 8.23. The fraction of sp³-hybridized carbons (Fsp3) is 0.357. The number of amides is 1. The number of nitriles is 1. The lowest BCUT2D eigenvalue weighted by Gasteiger charge is -2.20. The number of benzene rings is 1.